The number of carbonyl (C=O) groups excluding carboxylic acids is 2. The van der Waals surface area contributed by atoms with Crippen molar-refractivity contribution in [2.24, 2.45) is 5.92 Å². The standard InChI is InChI=1S/C46H81N3O16P2/c1-4-5-6-7-16-21-26-37-38(63-37)27-22-17-14-19-24-29-42(51)62-36(32-59-41(50)28-23-18-13-11-9-8-10-12-15-20-25-35(2)3)33-60-66(55,56)65-67(57,58)61-34-39-43(52)44(53)45(64-39)49-31-30-40(47)48-46(49)54/h16,21,30-31,35-39,43-45,52-53H,4-15,17-20,22-29,32-34H2,1-3H3,(H,55,56)(H,57,58)(H2,47,48,54)/b21-16-/t36-,37?,38?,39-,43-,44-,45-/m1/s1. The summed E-state index contributed by atoms with van der Waals surface area (Å²) in [7, 11) is -10.8. The van der Waals surface area contributed by atoms with Crippen molar-refractivity contribution in [1.82, 2.24) is 9.55 Å². The Morgan fingerprint density at radius 3 is 2.03 bits per heavy atom. The fourth-order valence-corrected chi connectivity index (χ4v) is 9.85. The normalized spacial score (nSPS) is 22.7. The first-order valence-corrected chi connectivity index (χ1v) is 27.7. The van der Waals surface area contributed by atoms with Crippen molar-refractivity contribution in [2.45, 2.75) is 218 Å². The zero-order valence-corrected chi connectivity index (χ0v) is 41.9. The number of aromatic nitrogens is 2. The fourth-order valence-electron chi connectivity index (χ4n) is 7.74. The quantitative estimate of drug-likeness (QED) is 0.0136. The second kappa shape index (κ2) is 32.4. The Bertz CT molecular complexity index is 1750. The molecule has 3 heterocycles. The highest BCUT2D eigenvalue weighted by Crippen LogP contribution is 2.60. The average molecular weight is 994 g/mol. The van der Waals surface area contributed by atoms with Gasteiger partial charge in [-0.2, -0.15) is 9.29 Å². The molecule has 0 saturated carbocycles. The van der Waals surface area contributed by atoms with Crippen LogP contribution in [-0.2, 0) is 51.0 Å². The van der Waals surface area contributed by atoms with Crippen molar-refractivity contribution in [1.29, 1.82) is 0 Å². The number of nitrogens with two attached hydrogens (primary N) is 1. The van der Waals surface area contributed by atoms with Crippen LogP contribution in [0.15, 0.2) is 29.2 Å². The van der Waals surface area contributed by atoms with Gasteiger partial charge in [0.2, 0.25) is 0 Å². The number of esters is 2. The van der Waals surface area contributed by atoms with Crippen LogP contribution in [0, 0.1) is 5.92 Å². The molecule has 0 bridgehead atoms. The smallest absolute Gasteiger partial charge is 0.462 e. The van der Waals surface area contributed by atoms with Gasteiger partial charge in [0, 0.05) is 19.0 Å². The molecule has 3 rings (SSSR count). The number of anilines is 1. The van der Waals surface area contributed by atoms with Crippen LogP contribution in [0.1, 0.15) is 181 Å². The van der Waals surface area contributed by atoms with Crippen molar-refractivity contribution in [3.63, 3.8) is 0 Å². The van der Waals surface area contributed by atoms with Crippen LogP contribution in [0.2, 0.25) is 0 Å². The maximum absolute atomic E-state index is 12.9. The van der Waals surface area contributed by atoms with E-state index in [1.165, 1.54) is 63.9 Å². The SMILES string of the molecule is CCCCC/C=C\CC1OC1CCCCCCCC(=O)O[C@H](COC(=O)CCCCCCCCCCCCC(C)C)COP(=O)(O)OP(=O)(O)OC[C@H]1O[C@@H](n2ccc(N)nc2=O)[C@H](O)[C@@H]1O. The number of unbranched alkanes of at least 4 members (excludes halogenated alkanes) is 16. The van der Waals surface area contributed by atoms with E-state index >= 15 is 0 Å². The number of phosphoric ester groups is 2. The van der Waals surface area contributed by atoms with Gasteiger partial charge in [0.05, 0.1) is 25.4 Å². The highest BCUT2D eigenvalue weighted by molar-refractivity contribution is 7.61. The third-order valence-electron chi connectivity index (χ3n) is 11.7. The van der Waals surface area contributed by atoms with Crippen molar-refractivity contribution in [3.05, 3.63) is 34.9 Å². The van der Waals surface area contributed by atoms with Crippen molar-refractivity contribution >= 4 is 33.4 Å². The summed E-state index contributed by atoms with van der Waals surface area (Å²) in [5.74, 6) is -0.561. The van der Waals surface area contributed by atoms with Gasteiger partial charge in [-0.05, 0) is 50.5 Å². The number of carbonyl (C=O) groups is 2. The Balaban J connectivity index is 1.41. The van der Waals surface area contributed by atoms with E-state index in [0.29, 0.717) is 25.0 Å². The molecule has 4 unspecified atom stereocenters. The van der Waals surface area contributed by atoms with E-state index in [1.54, 1.807) is 0 Å². The molecule has 1 aromatic heterocycles. The molecule has 19 nitrogen and oxygen atoms in total. The Labute approximate surface area is 397 Å². The lowest BCUT2D eigenvalue weighted by Crippen LogP contribution is -2.36. The topological polar surface area (TPSA) is 278 Å². The van der Waals surface area contributed by atoms with Gasteiger partial charge < -0.3 is 44.7 Å². The van der Waals surface area contributed by atoms with Gasteiger partial charge in [0.15, 0.2) is 12.3 Å². The number of rotatable bonds is 39. The summed E-state index contributed by atoms with van der Waals surface area (Å²) in [6, 6.07) is 1.25. The summed E-state index contributed by atoms with van der Waals surface area (Å²) in [5.41, 5.74) is 4.58. The number of phosphoric acid groups is 2. The summed E-state index contributed by atoms with van der Waals surface area (Å²) in [6.07, 6.45) is 21.8. The first-order chi connectivity index (χ1) is 32.0. The first-order valence-electron chi connectivity index (χ1n) is 24.7. The third kappa shape index (κ3) is 25.8. The van der Waals surface area contributed by atoms with E-state index in [-0.39, 0.29) is 18.7 Å². The van der Waals surface area contributed by atoms with Crippen LogP contribution in [0.4, 0.5) is 5.82 Å². The number of aliphatic hydroxyl groups is 2. The minimum Gasteiger partial charge on any atom is -0.462 e. The van der Waals surface area contributed by atoms with Gasteiger partial charge in [-0.25, -0.2) is 13.9 Å². The predicted octanol–water partition coefficient (Wildman–Crippen LogP) is 8.51. The maximum atomic E-state index is 12.9. The third-order valence-corrected chi connectivity index (χ3v) is 14.3. The van der Waals surface area contributed by atoms with Crippen LogP contribution < -0.4 is 11.4 Å². The molecule has 0 radical (unpaired) electrons. The number of ether oxygens (including phenoxy) is 4. The summed E-state index contributed by atoms with van der Waals surface area (Å²) in [5, 5.41) is 20.9. The minimum atomic E-state index is -5.43. The van der Waals surface area contributed by atoms with Crippen molar-refractivity contribution < 1.29 is 71.0 Å². The minimum absolute atomic E-state index is 0.0298. The van der Waals surface area contributed by atoms with Gasteiger partial charge in [-0.15, -0.1) is 0 Å². The average Bonchev–Trinajstić information content (AvgIpc) is 3.96. The number of allylic oxidation sites excluding steroid dienone is 1. The van der Waals surface area contributed by atoms with Crippen LogP contribution in [-0.4, -0.2) is 97.9 Å². The molecule has 2 saturated heterocycles. The molecule has 0 aromatic carbocycles. The second-order valence-electron chi connectivity index (χ2n) is 18.2. The molecule has 9 atom stereocenters. The zero-order chi connectivity index (χ0) is 49.1. The highest BCUT2D eigenvalue weighted by Gasteiger charge is 2.46. The molecule has 2 aliphatic heterocycles. The lowest BCUT2D eigenvalue weighted by atomic mass is 10.0. The number of hydrogen-bond donors (Lipinski definition) is 5. The number of aliphatic hydroxyl groups excluding tert-OH is 2. The molecule has 0 spiro atoms. The van der Waals surface area contributed by atoms with E-state index in [4.69, 9.17) is 33.7 Å². The zero-order valence-electron chi connectivity index (χ0n) is 40.1. The lowest BCUT2D eigenvalue weighted by molar-refractivity contribution is -0.161. The van der Waals surface area contributed by atoms with E-state index in [2.05, 4.69) is 42.2 Å². The summed E-state index contributed by atoms with van der Waals surface area (Å²) < 4.78 is 62.5. The van der Waals surface area contributed by atoms with Crippen LogP contribution in [0.25, 0.3) is 0 Å². The molecule has 1 aromatic rings. The molecule has 6 N–H and O–H groups in total. The number of hydrogen-bond acceptors (Lipinski definition) is 16. The van der Waals surface area contributed by atoms with E-state index in [0.717, 1.165) is 87.3 Å². The van der Waals surface area contributed by atoms with Crippen LogP contribution in [0.5, 0.6) is 0 Å². The number of nitrogens with zero attached hydrogens (tertiary/aromatic N) is 2. The number of epoxide rings is 1. The Kier molecular flexibility index (Phi) is 28.4. The molecule has 67 heavy (non-hydrogen) atoms. The lowest BCUT2D eigenvalue weighted by Gasteiger charge is -2.21. The van der Waals surface area contributed by atoms with E-state index in [1.807, 2.05) is 0 Å². The van der Waals surface area contributed by atoms with Gasteiger partial charge >= 0.3 is 33.3 Å². The Hall–Kier alpha value is -2.54. The second-order valence-corrected chi connectivity index (χ2v) is 21.2. The van der Waals surface area contributed by atoms with Crippen molar-refractivity contribution in [3.8, 4) is 0 Å². The van der Waals surface area contributed by atoms with E-state index in [9.17, 15) is 43.5 Å². The molecule has 2 fully saturated rings. The first kappa shape index (κ1) is 58.8. The van der Waals surface area contributed by atoms with E-state index < -0.39 is 83.7 Å². The summed E-state index contributed by atoms with van der Waals surface area (Å²) in [6.45, 7) is 4.39. The maximum Gasteiger partial charge on any atom is 0.481 e. The van der Waals surface area contributed by atoms with Crippen LogP contribution in [0.3, 0.4) is 0 Å². The molecule has 0 amide bonds. The Morgan fingerprint density at radius 1 is 0.776 bits per heavy atom. The highest BCUT2D eigenvalue weighted by atomic mass is 31.3. The van der Waals surface area contributed by atoms with Gasteiger partial charge in [-0.3, -0.25) is 23.2 Å². The van der Waals surface area contributed by atoms with Crippen molar-refractivity contribution in [2.75, 3.05) is 25.6 Å². The molecular weight excluding hydrogens is 912 g/mol. The van der Waals surface area contributed by atoms with Crippen LogP contribution >= 0.6 is 15.6 Å². The molecular formula is C46H81N3O16P2. The number of nitrogen functional groups attached to an aromatic ring is 1. The summed E-state index contributed by atoms with van der Waals surface area (Å²) >= 11 is 0. The fraction of sp³-hybridized carbons (Fsp3) is 0.826. The Morgan fingerprint density at radius 2 is 1.39 bits per heavy atom. The summed E-state index contributed by atoms with van der Waals surface area (Å²) in [4.78, 5) is 61.9. The predicted molar refractivity (Wildman–Crippen MR) is 251 cm³/mol. The largest absolute Gasteiger partial charge is 0.481 e. The molecule has 386 valence electrons. The monoisotopic (exact) mass is 994 g/mol. The van der Waals surface area contributed by atoms with Gasteiger partial charge in [0.25, 0.3) is 0 Å². The van der Waals surface area contributed by atoms with Gasteiger partial charge in [-0.1, -0.05) is 136 Å². The molecule has 2 aliphatic rings. The van der Waals surface area contributed by atoms with Gasteiger partial charge in [0.1, 0.15) is 30.7 Å². The molecule has 21 heteroatoms. The molecule has 0 aliphatic carbocycles.